The fraction of sp³-hybridized carbons (Fsp3) is 0.167. The van der Waals surface area contributed by atoms with E-state index < -0.39 is 29.4 Å². The molecule has 0 saturated carbocycles. The highest BCUT2D eigenvalue weighted by molar-refractivity contribution is 5.92. The van der Waals surface area contributed by atoms with Gasteiger partial charge in [0.25, 0.3) is 11.5 Å². The Labute approximate surface area is 142 Å². The van der Waals surface area contributed by atoms with Crippen LogP contribution in [0.3, 0.4) is 0 Å². The van der Waals surface area contributed by atoms with Crippen molar-refractivity contribution in [2.24, 2.45) is 0 Å². The van der Waals surface area contributed by atoms with Crippen molar-refractivity contribution in [1.29, 1.82) is 0 Å². The predicted octanol–water partition coefficient (Wildman–Crippen LogP) is 1.91. The number of benzene rings is 2. The monoisotopic (exact) mass is 341 g/mol. The summed E-state index contributed by atoms with van der Waals surface area (Å²) in [6, 6.07) is 11.4. The van der Waals surface area contributed by atoms with Gasteiger partial charge in [0.15, 0.2) is 5.82 Å². The number of fused-ring (bicyclic) bond motifs is 1. The van der Waals surface area contributed by atoms with Crippen molar-refractivity contribution in [2.45, 2.75) is 19.1 Å². The lowest BCUT2D eigenvalue weighted by molar-refractivity contribution is 0.0842. The molecule has 2 atom stereocenters. The minimum atomic E-state index is -1.03. The van der Waals surface area contributed by atoms with E-state index >= 15 is 0 Å². The summed E-state index contributed by atoms with van der Waals surface area (Å²) in [6.07, 6.45) is -1.03. The van der Waals surface area contributed by atoms with Crippen molar-refractivity contribution < 1.29 is 14.3 Å². The van der Waals surface area contributed by atoms with E-state index in [0.717, 1.165) is 0 Å². The molecule has 0 aliphatic heterocycles. The van der Waals surface area contributed by atoms with Gasteiger partial charge >= 0.3 is 0 Å². The van der Waals surface area contributed by atoms with E-state index in [1.807, 2.05) is 0 Å². The molecule has 3 aromatic rings. The number of hydrogen-bond acceptors (Lipinski definition) is 4. The lowest BCUT2D eigenvalue weighted by Gasteiger charge is -2.20. The van der Waals surface area contributed by atoms with E-state index in [1.165, 1.54) is 24.3 Å². The van der Waals surface area contributed by atoms with Gasteiger partial charge < -0.3 is 15.4 Å². The standard InChI is InChI=1S/C18H16FN3O3/c1-10(15(23)11-6-8-12(19)9-7-11)20-18(25)16-21-14-5-3-2-4-13(14)17(24)22-16/h2-10,15,23H,1H3,(H,20,25)(H,21,22,24)/t10-,15+/m1/s1. The summed E-state index contributed by atoms with van der Waals surface area (Å²) in [5.41, 5.74) is 0.458. The maximum absolute atomic E-state index is 13.0. The van der Waals surface area contributed by atoms with Crippen LogP contribution in [0.5, 0.6) is 0 Å². The summed E-state index contributed by atoms with van der Waals surface area (Å²) in [5.74, 6) is -1.16. The Hall–Kier alpha value is -3.06. The van der Waals surface area contributed by atoms with Crippen molar-refractivity contribution >= 4 is 16.8 Å². The first-order valence-corrected chi connectivity index (χ1v) is 7.69. The third-order valence-corrected chi connectivity index (χ3v) is 3.87. The molecule has 7 heteroatoms. The first-order chi connectivity index (χ1) is 12.0. The number of aromatic nitrogens is 2. The van der Waals surface area contributed by atoms with Crippen LogP contribution in [-0.4, -0.2) is 27.0 Å². The van der Waals surface area contributed by atoms with Crippen LogP contribution in [-0.2, 0) is 0 Å². The molecule has 1 heterocycles. The van der Waals surface area contributed by atoms with Crippen molar-refractivity contribution in [2.75, 3.05) is 0 Å². The number of amides is 1. The van der Waals surface area contributed by atoms with Crippen LogP contribution < -0.4 is 10.9 Å². The highest BCUT2D eigenvalue weighted by Gasteiger charge is 2.20. The molecule has 0 saturated heterocycles. The maximum atomic E-state index is 13.0. The lowest BCUT2D eigenvalue weighted by atomic mass is 10.0. The molecular weight excluding hydrogens is 325 g/mol. The molecule has 0 radical (unpaired) electrons. The Bertz CT molecular complexity index is 969. The molecule has 1 amide bonds. The first-order valence-electron chi connectivity index (χ1n) is 7.69. The van der Waals surface area contributed by atoms with Crippen molar-refractivity contribution in [3.63, 3.8) is 0 Å². The van der Waals surface area contributed by atoms with Gasteiger partial charge in [-0.25, -0.2) is 9.37 Å². The van der Waals surface area contributed by atoms with E-state index in [-0.39, 0.29) is 5.82 Å². The quantitative estimate of drug-likeness (QED) is 0.675. The second-order valence-corrected chi connectivity index (χ2v) is 5.69. The average Bonchev–Trinajstić information content (AvgIpc) is 2.61. The zero-order chi connectivity index (χ0) is 18.0. The number of hydrogen-bond donors (Lipinski definition) is 3. The molecule has 0 bridgehead atoms. The molecule has 3 rings (SSSR count). The third-order valence-electron chi connectivity index (χ3n) is 3.87. The van der Waals surface area contributed by atoms with Gasteiger partial charge in [-0.15, -0.1) is 0 Å². The summed E-state index contributed by atoms with van der Waals surface area (Å²) < 4.78 is 13.0. The van der Waals surface area contributed by atoms with Gasteiger partial charge in [-0.3, -0.25) is 9.59 Å². The first kappa shape index (κ1) is 16.8. The van der Waals surface area contributed by atoms with Crippen molar-refractivity contribution in [3.05, 3.63) is 76.1 Å². The van der Waals surface area contributed by atoms with E-state index in [0.29, 0.717) is 16.5 Å². The molecule has 2 aromatic carbocycles. The largest absolute Gasteiger partial charge is 0.386 e. The Morgan fingerprint density at radius 1 is 1.20 bits per heavy atom. The topological polar surface area (TPSA) is 95.1 Å². The minimum absolute atomic E-state index is 0.137. The van der Waals surface area contributed by atoms with Crippen molar-refractivity contribution in [1.82, 2.24) is 15.3 Å². The summed E-state index contributed by atoms with van der Waals surface area (Å²) in [7, 11) is 0. The van der Waals surface area contributed by atoms with Gasteiger partial charge in [-0.05, 0) is 36.8 Å². The maximum Gasteiger partial charge on any atom is 0.287 e. The molecule has 0 aliphatic carbocycles. The highest BCUT2D eigenvalue weighted by atomic mass is 19.1. The van der Waals surface area contributed by atoms with Gasteiger partial charge in [0.2, 0.25) is 0 Å². The zero-order valence-corrected chi connectivity index (χ0v) is 13.4. The molecule has 1 aromatic heterocycles. The van der Waals surface area contributed by atoms with Crippen LogP contribution >= 0.6 is 0 Å². The number of H-pyrrole nitrogens is 1. The number of halogens is 1. The molecule has 128 valence electrons. The zero-order valence-electron chi connectivity index (χ0n) is 13.4. The summed E-state index contributed by atoms with van der Waals surface area (Å²) >= 11 is 0. The fourth-order valence-corrected chi connectivity index (χ4v) is 2.50. The summed E-state index contributed by atoms with van der Waals surface area (Å²) in [6.45, 7) is 1.60. The number of nitrogens with one attached hydrogen (secondary N) is 2. The lowest BCUT2D eigenvalue weighted by Crippen LogP contribution is -2.38. The number of nitrogens with zero attached hydrogens (tertiary/aromatic N) is 1. The number of aromatic amines is 1. The average molecular weight is 341 g/mol. The third kappa shape index (κ3) is 3.56. The number of para-hydroxylation sites is 1. The molecular formula is C18H16FN3O3. The van der Waals surface area contributed by atoms with Crippen LogP contribution in [0.25, 0.3) is 10.9 Å². The van der Waals surface area contributed by atoms with Gasteiger partial charge in [0.1, 0.15) is 5.82 Å². The number of carbonyl (C=O) groups excluding carboxylic acids is 1. The molecule has 0 unspecified atom stereocenters. The Balaban J connectivity index is 1.79. The highest BCUT2D eigenvalue weighted by Crippen LogP contribution is 2.17. The number of rotatable bonds is 4. The van der Waals surface area contributed by atoms with Crippen molar-refractivity contribution in [3.8, 4) is 0 Å². The van der Waals surface area contributed by atoms with Crippen LogP contribution in [0.2, 0.25) is 0 Å². The van der Waals surface area contributed by atoms with Gasteiger partial charge in [0.05, 0.1) is 23.0 Å². The van der Waals surface area contributed by atoms with Gasteiger partial charge in [0, 0.05) is 0 Å². The fourth-order valence-electron chi connectivity index (χ4n) is 2.50. The van der Waals surface area contributed by atoms with Crippen LogP contribution in [0, 0.1) is 5.82 Å². The predicted molar refractivity (Wildman–Crippen MR) is 90.7 cm³/mol. The number of aliphatic hydroxyl groups is 1. The smallest absolute Gasteiger partial charge is 0.287 e. The summed E-state index contributed by atoms with van der Waals surface area (Å²) in [4.78, 5) is 30.9. The minimum Gasteiger partial charge on any atom is -0.386 e. The van der Waals surface area contributed by atoms with E-state index in [2.05, 4.69) is 15.3 Å². The second kappa shape index (κ2) is 6.82. The van der Waals surface area contributed by atoms with E-state index in [9.17, 15) is 19.1 Å². The normalized spacial score (nSPS) is 13.4. The molecule has 0 aliphatic rings. The number of aliphatic hydroxyl groups excluding tert-OH is 1. The molecule has 3 N–H and O–H groups in total. The molecule has 0 fully saturated rings. The number of carbonyl (C=O) groups is 1. The van der Waals surface area contributed by atoms with Crippen LogP contribution in [0.4, 0.5) is 4.39 Å². The Kier molecular flexibility index (Phi) is 4.58. The molecule has 0 spiro atoms. The van der Waals surface area contributed by atoms with E-state index in [1.54, 1.807) is 31.2 Å². The van der Waals surface area contributed by atoms with Gasteiger partial charge in [-0.2, -0.15) is 0 Å². The Morgan fingerprint density at radius 3 is 2.60 bits per heavy atom. The van der Waals surface area contributed by atoms with Crippen LogP contribution in [0.15, 0.2) is 53.3 Å². The molecule has 6 nitrogen and oxygen atoms in total. The van der Waals surface area contributed by atoms with Gasteiger partial charge in [-0.1, -0.05) is 24.3 Å². The SMILES string of the molecule is C[C@@H](NC(=O)c1nc2ccccc2c(=O)[nH]1)[C@H](O)c1ccc(F)cc1. The van der Waals surface area contributed by atoms with Crippen LogP contribution in [0.1, 0.15) is 29.2 Å². The second-order valence-electron chi connectivity index (χ2n) is 5.69. The van der Waals surface area contributed by atoms with E-state index in [4.69, 9.17) is 0 Å². The Morgan fingerprint density at radius 2 is 1.88 bits per heavy atom. The summed E-state index contributed by atoms with van der Waals surface area (Å²) in [5, 5.41) is 13.2. The molecule has 25 heavy (non-hydrogen) atoms.